The van der Waals surface area contributed by atoms with E-state index in [1.54, 1.807) is 38.5 Å². The van der Waals surface area contributed by atoms with Crippen LogP contribution >= 0.6 is 0 Å². The second-order valence-corrected chi connectivity index (χ2v) is 9.04. The molecule has 4 rings (SSSR count). The standard InChI is InChI=1S/C26H32N6O5/c1-15(2)13-32(14-33)8-9-37-17-6-7-20-19(10-17)24(34)30-26(28-20)31-25-27-16(3)18-11-22(35-4)23(36-5)12-21(18)29-25/h6-7,10-12,15,33H,8-9,13-14H2,1-5H3,(H2,27,28,29,30,31,34). The van der Waals surface area contributed by atoms with E-state index in [4.69, 9.17) is 14.2 Å². The van der Waals surface area contributed by atoms with E-state index in [9.17, 15) is 9.90 Å². The van der Waals surface area contributed by atoms with Crippen LogP contribution in [0.5, 0.6) is 17.2 Å². The first-order valence-corrected chi connectivity index (χ1v) is 12.0. The molecule has 4 aromatic rings. The monoisotopic (exact) mass is 508 g/mol. The highest BCUT2D eigenvalue weighted by Gasteiger charge is 2.13. The summed E-state index contributed by atoms with van der Waals surface area (Å²) in [6, 6.07) is 8.75. The van der Waals surface area contributed by atoms with Crippen molar-refractivity contribution in [3.63, 3.8) is 0 Å². The smallest absolute Gasteiger partial charge is 0.260 e. The summed E-state index contributed by atoms with van der Waals surface area (Å²) >= 11 is 0. The average Bonchev–Trinajstić information content (AvgIpc) is 2.87. The number of fused-ring (bicyclic) bond motifs is 2. The van der Waals surface area contributed by atoms with Crippen LogP contribution in [-0.4, -0.2) is 70.6 Å². The highest BCUT2D eigenvalue weighted by Crippen LogP contribution is 2.33. The molecular formula is C26H32N6O5. The summed E-state index contributed by atoms with van der Waals surface area (Å²) in [4.78, 5) is 31.0. The van der Waals surface area contributed by atoms with Crippen LogP contribution in [-0.2, 0) is 0 Å². The second-order valence-electron chi connectivity index (χ2n) is 9.04. The van der Waals surface area contributed by atoms with E-state index in [-0.39, 0.29) is 24.2 Å². The largest absolute Gasteiger partial charge is 0.493 e. The molecule has 11 heteroatoms. The van der Waals surface area contributed by atoms with Gasteiger partial charge in [0, 0.05) is 24.5 Å². The molecule has 0 saturated carbocycles. The number of anilines is 2. The molecule has 2 heterocycles. The van der Waals surface area contributed by atoms with Crippen molar-refractivity contribution in [2.45, 2.75) is 20.8 Å². The van der Waals surface area contributed by atoms with Crippen molar-refractivity contribution >= 4 is 33.7 Å². The van der Waals surface area contributed by atoms with Gasteiger partial charge in [0.2, 0.25) is 11.9 Å². The third-order valence-electron chi connectivity index (χ3n) is 5.80. The number of aromatic amines is 1. The average molecular weight is 509 g/mol. The van der Waals surface area contributed by atoms with Crippen LogP contribution in [0.25, 0.3) is 21.8 Å². The number of nitrogens with zero attached hydrogens (tertiary/aromatic N) is 4. The number of aliphatic hydroxyl groups is 1. The molecule has 0 saturated heterocycles. The van der Waals surface area contributed by atoms with Gasteiger partial charge >= 0.3 is 0 Å². The van der Waals surface area contributed by atoms with Crippen molar-refractivity contribution < 1.29 is 19.3 Å². The molecule has 0 amide bonds. The Hall–Kier alpha value is -3.96. The van der Waals surface area contributed by atoms with E-state index < -0.39 is 0 Å². The number of aromatic nitrogens is 4. The van der Waals surface area contributed by atoms with Gasteiger partial charge < -0.3 is 19.3 Å². The maximum atomic E-state index is 12.8. The summed E-state index contributed by atoms with van der Waals surface area (Å²) in [5.41, 5.74) is 1.57. The normalized spacial score (nSPS) is 11.5. The summed E-state index contributed by atoms with van der Waals surface area (Å²) < 4.78 is 16.6. The fourth-order valence-corrected chi connectivity index (χ4v) is 4.07. The summed E-state index contributed by atoms with van der Waals surface area (Å²) in [5.74, 6) is 2.65. The predicted molar refractivity (Wildman–Crippen MR) is 142 cm³/mol. The zero-order valence-electron chi connectivity index (χ0n) is 21.7. The third-order valence-corrected chi connectivity index (χ3v) is 5.80. The number of methoxy groups -OCH3 is 2. The van der Waals surface area contributed by atoms with Crippen LogP contribution < -0.4 is 25.1 Å². The van der Waals surface area contributed by atoms with Gasteiger partial charge in [0.25, 0.3) is 5.56 Å². The zero-order valence-corrected chi connectivity index (χ0v) is 21.7. The molecule has 0 bridgehead atoms. The minimum absolute atomic E-state index is 0.0270. The highest BCUT2D eigenvalue weighted by atomic mass is 16.5. The summed E-state index contributed by atoms with van der Waals surface area (Å²) in [7, 11) is 3.14. The van der Waals surface area contributed by atoms with E-state index in [2.05, 4.69) is 39.1 Å². The van der Waals surface area contributed by atoms with E-state index >= 15 is 0 Å². The number of hydrogen-bond donors (Lipinski definition) is 3. The van der Waals surface area contributed by atoms with Crippen molar-refractivity contribution in [2.24, 2.45) is 5.92 Å². The molecule has 3 N–H and O–H groups in total. The van der Waals surface area contributed by atoms with Crippen molar-refractivity contribution in [3.8, 4) is 17.2 Å². The number of hydrogen-bond acceptors (Lipinski definition) is 10. The van der Waals surface area contributed by atoms with Crippen LogP contribution in [0.4, 0.5) is 11.9 Å². The number of aryl methyl sites for hydroxylation is 1. The number of H-pyrrole nitrogens is 1. The Labute approximate surface area is 214 Å². The van der Waals surface area contributed by atoms with Crippen molar-refractivity contribution in [1.29, 1.82) is 0 Å². The molecule has 0 aliphatic heterocycles. The van der Waals surface area contributed by atoms with Crippen LogP contribution in [0.1, 0.15) is 19.5 Å². The van der Waals surface area contributed by atoms with Crippen molar-refractivity contribution in [2.75, 3.05) is 46.0 Å². The first-order valence-electron chi connectivity index (χ1n) is 12.0. The lowest BCUT2D eigenvalue weighted by Gasteiger charge is -2.21. The molecule has 2 aromatic carbocycles. The third kappa shape index (κ3) is 6.07. The van der Waals surface area contributed by atoms with E-state index in [1.807, 2.05) is 17.9 Å². The lowest BCUT2D eigenvalue weighted by atomic mass is 10.1. The maximum Gasteiger partial charge on any atom is 0.260 e. The highest BCUT2D eigenvalue weighted by molar-refractivity contribution is 5.86. The molecule has 11 nitrogen and oxygen atoms in total. The fraction of sp³-hybridized carbons (Fsp3) is 0.385. The van der Waals surface area contributed by atoms with Crippen LogP contribution in [0.3, 0.4) is 0 Å². The Balaban J connectivity index is 1.53. The molecule has 2 aromatic heterocycles. The fourth-order valence-electron chi connectivity index (χ4n) is 4.07. The zero-order chi connectivity index (χ0) is 26.5. The van der Waals surface area contributed by atoms with Gasteiger partial charge in [-0.2, -0.15) is 0 Å². The first-order chi connectivity index (χ1) is 17.8. The van der Waals surface area contributed by atoms with Crippen molar-refractivity contribution in [1.82, 2.24) is 24.8 Å². The Kier molecular flexibility index (Phi) is 8.04. The number of aliphatic hydroxyl groups excluding tert-OH is 1. The molecule has 196 valence electrons. The minimum Gasteiger partial charge on any atom is -0.493 e. The first kappa shape index (κ1) is 26.1. The van der Waals surface area contributed by atoms with Gasteiger partial charge in [0.1, 0.15) is 12.4 Å². The molecule has 0 radical (unpaired) electrons. The maximum absolute atomic E-state index is 12.8. The molecular weight excluding hydrogens is 476 g/mol. The van der Waals surface area contributed by atoms with Gasteiger partial charge in [-0.25, -0.2) is 15.0 Å². The van der Waals surface area contributed by atoms with E-state index in [0.29, 0.717) is 52.7 Å². The molecule has 0 unspecified atom stereocenters. The summed E-state index contributed by atoms with van der Waals surface area (Å²) in [5, 5.41) is 13.7. The van der Waals surface area contributed by atoms with Gasteiger partial charge in [-0.15, -0.1) is 0 Å². The molecule has 0 aliphatic rings. The van der Waals surface area contributed by atoms with Gasteiger partial charge in [0.05, 0.1) is 43.1 Å². The molecule has 0 spiro atoms. The predicted octanol–water partition coefficient (Wildman–Crippen LogP) is 3.22. The van der Waals surface area contributed by atoms with Gasteiger partial charge in [0.15, 0.2) is 11.5 Å². The van der Waals surface area contributed by atoms with Crippen LogP contribution in [0.15, 0.2) is 35.1 Å². The molecule has 0 atom stereocenters. The van der Waals surface area contributed by atoms with E-state index in [0.717, 1.165) is 17.6 Å². The minimum atomic E-state index is -0.321. The van der Waals surface area contributed by atoms with Gasteiger partial charge in [-0.05, 0) is 37.1 Å². The lowest BCUT2D eigenvalue weighted by molar-refractivity contribution is 0.0819. The Morgan fingerprint density at radius 1 is 1.03 bits per heavy atom. The SMILES string of the molecule is COc1cc2nc(Nc3nc4ccc(OCCN(CO)CC(C)C)cc4c(=O)[nH]3)nc(C)c2cc1OC. The Bertz CT molecular complexity index is 1460. The molecule has 0 fully saturated rings. The van der Waals surface area contributed by atoms with E-state index in [1.165, 1.54) is 0 Å². The number of benzene rings is 2. The molecule has 37 heavy (non-hydrogen) atoms. The Morgan fingerprint density at radius 2 is 1.78 bits per heavy atom. The lowest BCUT2D eigenvalue weighted by Crippen LogP contribution is -2.32. The van der Waals surface area contributed by atoms with Crippen molar-refractivity contribution in [3.05, 3.63) is 46.4 Å². The number of rotatable bonds is 11. The molecule has 0 aliphatic carbocycles. The van der Waals surface area contributed by atoms with Gasteiger partial charge in [-0.3, -0.25) is 20.0 Å². The topological polar surface area (TPSA) is 135 Å². The summed E-state index contributed by atoms with van der Waals surface area (Å²) in [6.45, 7) is 7.77. The van der Waals surface area contributed by atoms with Gasteiger partial charge in [-0.1, -0.05) is 13.8 Å². The number of nitrogens with one attached hydrogen (secondary N) is 2. The number of ether oxygens (including phenoxy) is 3. The Morgan fingerprint density at radius 3 is 2.49 bits per heavy atom. The second kappa shape index (κ2) is 11.4. The quantitative estimate of drug-likeness (QED) is 0.259. The van der Waals surface area contributed by atoms with Crippen LogP contribution in [0.2, 0.25) is 0 Å². The summed E-state index contributed by atoms with van der Waals surface area (Å²) in [6.07, 6.45) is 0. The van der Waals surface area contributed by atoms with Crippen LogP contribution in [0, 0.1) is 12.8 Å².